The van der Waals surface area contributed by atoms with Crippen molar-refractivity contribution >= 4 is 28.8 Å². The third-order valence-corrected chi connectivity index (χ3v) is 9.35. The second-order valence-corrected chi connectivity index (χ2v) is 12.6. The van der Waals surface area contributed by atoms with Gasteiger partial charge in [-0.3, -0.25) is 9.59 Å². The van der Waals surface area contributed by atoms with Gasteiger partial charge >= 0.3 is 6.03 Å². The van der Waals surface area contributed by atoms with Crippen molar-refractivity contribution in [1.82, 2.24) is 20.0 Å². The Kier molecular flexibility index (Phi) is 7.94. The maximum Gasteiger partial charge on any atom is 0.318 e. The molecule has 0 radical (unpaired) electrons. The van der Waals surface area contributed by atoms with Gasteiger partial charge in [-0.05, 0) is 82.1 Å². The predicted molar refractivity (Wildman–Crippen MR) is 132 cm³/mol. The van der Waals surface area contributed by atoms with Crippen LogP contribution in [0.15, 0.2) is 0 Å². The van der Waals surface area contributed by atoms with Crippen LogP contribution in [0.4, 0.5) is 4.79 Å². The second-order valence-electron chi connectivity index (χ2n) is 11.3. The van der Waals surface area contributed by atoms with Gasteiger partial charge in [0.2, 0.25) is 5.91 Å². The monoisotopic (exact) mass is 478 g/mol. The molecule has 8 heteroatoms. The van der Waals surface area contributed by atoms with Gasteiger partial charge in [0.15, 0.2) is 5.12 Å². The lowest BCUT2D eigenvalue weighted by atomic mass is 9.49. The maximum atomic E-state index is 13.2. The van der Waals surface area contributed by atoms with Gasteiger partial charge in [0.25, 0.3) is 0 Å². The van der Waals surface area contributed by atoms with Crippen molar-refractivity contribution in [3.63, 3.8) is 0 Å². The number of piperazine rings is 1. The highest BCUT2D eigenvalue weighted by atomic mass is 32.2. The third kappa shape index (κ3) is 6.24. The fourth-order valence-electron chi connectivity index (χ4n) is 7.22. The molecule has 4 aliphatic carbocycles. The maximum absolute atomic E-state index is 13.2. The molecule has 5 fully saturated rings. The average Bonchev–Trinajstić information content (AvgIpc) is 2.74. The summed E-state index contributed by atoms with van der Waals surface area (Å²) in [7, 11) is 2.06. The molecule has 186 valence electrons. The predicted octanol–water partition coefficient (Wildman–Crippen LogP) is 3.05. The molecule has 1 N–H and O–H groups in total. The first kappa shape index (κ1) is 24.8. The van der Waals surface area contributed by atoms with Crippen molar-refractivity contribution in [2.24, 2.45) is 23.2 Å². The molecule has 5 aliphatic rings. The summed E-state index contributed by atoms with van der Waals surface area (Å²) in [6, 6.07) is -0.706. The molecule has 3 amide bonds. The van der Waals surface area contributed by atoms with E-state index in [1.165, 1.54) is 50.3 Å². The van der Waals surface area contributed by atoms with E-state index in [4.69, 9.17) is 0 Å². The number of nitrogens with zero attached hydrogens (tertiary/aromatic N) is 3. The molecule has 0 aromatic rings. The number of hydrogen-bond donors (Lipinski definition) is 1. The zero-order chi connectivity index (χ0) is 23.6. The van der Waals surface area contributed by atoms with Crippen LogP contribution >= 0.6 is 11.8 Å². The number of nitrogens with one attached hydrogen (secondary N) is 1. The molecule has 0 unspecified atom stereocenters. The summed E-state index contributed by atoms with van der Waals surface area (Å²) in [5.41, 5.74) is 0.405. The minimum absolute atomic E-state index is 0.00408. The fraction of sp³-hybridized carbons (Fsp3) is 0.880. The van der Waals surface area contributed by atoms with Gasteiger partial charge in [-0.25, -0.2) is 4.79 Å². The lowest BCUT2D eigenvalue weighted by Crippen LogP contribution is -2.55. The summed E-state index contributed by atoms with van der Waals surface area (Å²) in [5.74, 6) is 3.29. The van der Waals surface area contributed by atoms with Gasteiger partial charge in [0.05, 0.1) is 0 Å². The van der Waals surface area contributed by atoms with E-state index >= 15 is 0 Å². The van der Waals surface area contributed by atoms with Crippen LogP contribution in [-0.4, -0.2) is 89.9 Å². The van der Waals surface area contributed by atoms with Crippen LogP contribution in [0, 0.1) is 23.2 Å². The molecule has 7 nitrogen and oxygen atoms in total. The van der Waals surface area contributed by atoms with Crippen LogP contribution in [0.25, 0.3) is 0 Å². The van der Waals surface area contributed by atoms with Crippen LogP contribution < -0.4 is 5.32 Å². The number of carbonyl (C=O) groups is 3. The van der Waals surface area contributed by atoms with Crippen molar-refractivity contribution in [3.8, 4) is 0 Å². The summed E-state index contributed by atoms with van der Waals surface area (Å²) in [6.45, 7) is 7.77. The standard InChI is InChI=1S/C25H42N4O3S/c1-18(23(31)28-8-6-27(3)7-9-28)26-24(32)29(10-11-33-19(2)30)5-4-25-15-20-12-21(16-25)14-22(13-20)17-25/h18,20-22H,4-17H2,1-3H3,(H,26,32)/t18-,20?,21?,22?,25?/m0/s1. The largest absolute Gasteiger partial charge is 0.338 e. The Bertz CT molecular complexity index is 702. The van der Waals surface area contributed by atoms with Crippen LogP contribution in [-0.2, 0) is 9.59 Å². The van der Waals surface area contributed by atoms with Crippen molar-refractivity contribution in [3.05, 3.63) is 0 Å². The highest BCUT2D eigenvalue weighted by molar-refractivity contribution is 8.13. The Morgan fingerprint density at radius 3 is 2.12 bits per heavy atom. The van der Waals surface area contributed by atoms with E-state index in [-0.39, 0.29) is 17.1 Å². The van der Waals surface area contributed by atoms with Crippen LogP contribution in [0.2, 0.25) is 0 Å². The van der Waals surface area contributed by atoms with Crippen molar-refractivity contribution < 1.29 is 14.4 Å². The van der Waals surface area contributed by atoms with E-state index in [1.807, 2.05) is 9.80 Å². The van der Waals surface area contributed by atoms with Crippen LogP contribution in [0.3, 0.4) is 0 Å². The first-order valence-electron chi connectivity index (χ1n) is 12.9. The van der Waals surface area contributed by atoms with Crippen LogP contribution in [0.5, 0.6) is 0 Å². The summed E-state index contributed by atoms with van der Waals surface area (Å²) in [5, 5.41) is 3.05. The number of rotatable bonds is 8. The smallest absolute Gasteiger partial charge is 0.318 e. The fourth-order valence-corrected chi connectivity index (χ4v) is 7.82. The van der Waals surface area contributed by atoms with Gasteiger partial charge < -0.3 is 20.0 Å². The molecule has 1 heterocycles. The summed E-state index contributed by atoms with van der Waals surface area (Å²) < 4.78 is 0. The zero-order valence-corrected chi connectivity index (χ0v) is 21.5. The first-order chi connectivity index (χ1) is 15.7. The SMILES string of the molecule is CC(=O)SCCN(CCC12CC3CC(CC(C3)C1)C2)C(=O)N[C@@H](C)C(=O)N1CCN(C)CC1. The normalized spacial score (nSPS) is 32.0. The lowest BCUT2D eigenvalue weighted by molar-refractivity contribution is -0.134. The number of thioether (sulfide) groups is 1. The van der Waals surface area contributed by atoms with E-state index in [1.54, 1.807) is 13.8 Å². The number of hydrogen-bond acceptors (Lipinski definition) is 5. The van der Waals surface area contributed by atoms with Gasteiger partial charge in [-0.1, -0.05) is 11.8 Å². The lowest BCUT2D eigenvalue weighted by Gasteiger charge is -2.57. The van der Waals surface area contributed by atoms with Crippen molar-refractivity contribution in [2.75, 3.05) is 52.1 Å². The Balaban J connectivity index is 1.33. The Hall–Kier alpha value is -1.28. The van der Waals surface area contributed by atoms with E-state index < -0.39 is 6.04 Å². The molecular weight excluding hydrogens is 436 g/mol. The highest BCUT2D eigenvalue weighted by Gasteiger charge is 2.50. The minimum atomic E-state index is -0.539. The number of carbonyl (C=O) groups excluding carboxylic acids is 3. The van der Waals surface area contributed by atoms with Crippen molar-refractivity contribution in [2.45, 2.75) is 64.8 Å². The Labute approximate surface area is 203 Å². The van der Waals surface area contributed by atoms with E-state index in [0.29, 0.717) is 37.3 Å². The van der Waals surface area contributed by atoms with Gasteiger partial charge in [-0.2, -0.15) is 0 Å². The van der Waals surface area contributed by atoms with Gasteiger partial charge in [0, 0.05) is 51.9 Å². The zero-order valence-electron chi connectivity index (χ0n) is 20.7. The van der Waals surface area contributed by atoms with E-state index in [2.05, 4.69) is 17.3 Å². The summed E-state index contributed by atoms with van der Waals surface area (Å²) in [4.78, 5) is 43.5. The molecule has 1 aliphatic heterocycles. The third-order valence-electron chi connectivity index (χ3n) is 8.56. The summed E-state index contributed by atoms with van der Waals surface area (Å²) >= 11 is 1.27. The van der Waals surface area contributed by atoms with Gasteiger partial charge in [0.1, 0.15) is 6.04 Å². The molecule has 0 aromatic carbocycles. The molecule has 0 aromatic heterocycles. The number of amides is 3. The molecule has 4 saturated carbocycles. The molecule has 0 spiro atoms. The molecule has 4 bridgehead atoms. The van der Waals surface area contributed by atoms with E-state index in [0.717, 1.165) is 37.3 Å². The first-order valence-corrected chi connectivity index (χ1v) is 13.9. The number of urea groups is 1. The van der Waals surface area contributed by atoms with E-state index in [9.17, 15) is 14.4 Å². The molecule has 1 atom stereocenters. The molecule has 1 saturated heterocycles. The second kappa shape index (κ2) is 10.5. The highest BCUT2D eigenvalue weighted by Crippen LogP contribution is 2.61. The number of likely N-dealkylation sites (N-methyl/N-ethyl adjacent to an activating group) is 1. The Morgan fingerprint density at radius 2 is 1.58 bits per heavy atom. The van der Waals surface area contributed by atoms with Crippen LogP contribution in [0.1, 0.15) is 58.8 Å². The van der Waals surface area contributed by atoms with Crippen molar-refractivity contribution in [1.29, 1.82) is 0 Å². The average molecular weight is 479 g/mol. The molecular formula is C25H42N4O3S. The minimum Gasteiger partial charge on any atom is -0.338 e. The summed E-state index contributed by atoms with van der Waals surface area (Å²) in [6.07, 6.45) is 9.30. The molecule has 5 rings (SSSR count). The topological polar surface area (TPSA) is 73.0 Å². The Morgan fingerprint density at radius 1 is 1.00 bits per heavy atom. The van der Waals surface area contributed by atoms with Gasteiger partial charge in [-0.15, -0.1) is 0 Å². The molecule has 33 heavy (non-hydrogen) atoms. The quantitative estimate of drug-likeness (QED) is 0.581.